The molecular formula is C20H33Cl2N3O. The zero-order valence-electron chi connectivity index (χ0n) is 15.7. The zero-order valence-corrected chi connectivity index (χ0v) is 17.3. The number of amides is 1. The Morgan fingerprint density at radius 1 is 1.19 bits per heavy atom. The number of hydrogen-bond acceptors (Lipinski definition) is 3. The van der Waals surface area contributed by atoms with Crippen molar-refractivity contribution in [1.29, 1.82) is 0 Å². The van der Waals surface area contributed by atoms with Crippen LogP contribution in [0.25, 0.3) is 0 Å². The largest absolute Gasteiger partial charge is 0.351 e. The van der Waals surface area contributed by atoms with Gasteiger partial charge in [-0.3, -0.25) is 9.69 Å². The van der Waals surface area contributed by atoms with E-state index in [-0.39, 0.29) is 36.8 Å². The van der Waals surface area contributed by atoms with E-state index < -0.39 is 0 Å². The van der Waals surface area contributed by atoms with E-state index in [0.717, 1.165) is 44.9 Å². The topological polar surface area (TPSA) is 44.4 Å². The lowest BCUT2D eigenvalue weighted by Crippen LogP contribution is -2.53. The number of carbonyl (C=O) groups is 1. The number of nitrogens with one attached hydrogen (secondary N) is 2. The Labute approximate surface area is 170 Å². The summed E-state index contributed by atoms with van der Waals surface area (Å²) in [6.45, 7) is 6.13. The molecule has 2 heterocycles. The minimum absolute atomic E-state index is 0. The molecule has 2 saturated heterocycles. The van der Waals surface area contributed by atoms with Crippen molar-refractivity contribution < 1.29 is 4.79 Å². The minimum atomic E-state index is -0.00963. The Hall–Kier alpha value is -0.810. The fourth-order valence-corrected chi connectivity index (χ4v) is 3.95. The van der Waals surface area contributed by atoms with E-state index in [1.165, 1.54) is 24.8 Å². The molecule has 0 spiro atoms. The lowest BCUT2D eigenvalue weighted by atomic mass is 9.89. The summed E-state index contributed by atoms with van der Waals surface area (Å²) < 4.78 is 0. The summed E-state index contributed by atoms with van der Waals surface area (Å²) >= 11 is 0. The van der Waals surface area contributed by atoms with Crippen LogP contribution in [0.5, 0.6) is 0 Å². The molecule has 26 heavy (non-hydrogen) atoms. The summed E-state index contributed by atoms with van der Waals surface area (Å²) in [6, 6.07) is 11.1. The van der Waals surface area contributed by atoms with Gasteiger partial charge in [0.25, 0.3) is 0 Å². The molecule has 1 amide bonds. The summed E-state index contributed by atoms with van der Waals surface area (Å²) in [5.41, 5.74) is 1.44. The second-order valence-electron chi connectivity index (χ2n) is 7.40. The SMILES string of the molecule is CC(C(=O)NC1CCCNC1)N1CCC(Cc2ccccc2)CC1.Cl.Cl. The van der Waals surface area contributed by atoms with Crippen molar-refractivity contribution in [3.05, 3.63) is 35.9 Å². The fourth-order valence-electron chi connectivity index (χ4n) is 3.95. The summed E-state index contributed by atoms with van der Waals surface area (Å²) in [4.78, 5) is 14.9. The Morgan fingerprint density at radius 2 is 1.88 bits per heavy atom. The molecule has 2 unspecified atom stereocenters. The van der Waals surface area contributed by atoms with Crippen LogP contribution in [-0.4, -0.2) is 49.1 Å². The normalized spacial score (nSPS) is 22.6. The van der Waals surface area contributed by atoms with Crippen molar-refractivity contribution in [2.24, 2.45) is 5.92 Å². The average Bonchev–Trinajstić information content (AvgIpc) is 2.63. The molecular weight excluding hydrogens is 369 g/mol. The maximum absolute atomic E-state index is 12.5. The first kappa shape index (κ1) is 23.2. The number of hydrogen-bond donors (Lipinski definition) is 2. The molecule has 6 heteroatoms. The number of carbonyl (C=O) groups excluding carboxylic acids is 1. The van der Waals surface area contributed by atoms with Crippen LogP contribution in [0.2, 0.25) is 0 Å². The van der Waals surface area contributed by atoms with Crippen LogP contribution in [0.15, 0.2) is 30.3 Å². The fraction of sp³-hybridized carbons (Fsp3) is 0.650. The van der Waals surface area contributed by atoms with Crippen LogP contribution in [0.1, 0.15) is 38.2 Å². The van der Waals surface area contributed by atoms with Crippen LogP contribution in [0.4, 0.5) is 0 Å². The Bertz CT molecular complexity index is 515. The second-order valence-corrected chi connectivity index (χ2v) is 7.40. The first-order valence-electron chi connectivity index (χ1n) is 9.51. The van der Waals surface area contributed by atoms with Gasteiger partial charge in [-0.05, 0) is 70.1 Å². The van der Waals surface area contributed by atoms with Gasteiger partial charge in [0.05, 0.1) is 6.04 Å². The van der Waals surface area contributed by atoms with Crippen molar-refractivity contribution >= 4 is 30.7 Å². The third-order valence-electron chi connectivity index (χ3n) is 5.59. The highest BCUT2D eigenvalue weighted by Crippen LogP contribution is 2.23. The van der Waals surface area contributed by atoms with Gasteiger partial charge in [-0.2, -0.15) is 0 Å². The molecule has 0 saturated carbocycles. The van der Waals surface area contributed by atoms with Crippen molar-refractivity contribution in [3.8, 4) is 0 Å². The number of piperidine rings is 2. The van der Waals surface area contributed by atoms with Gasteiger partial charge in [0.1, 0.15) is 0 Å². The van der Waals surface area contributed by atoms with Gasteiger partial charge in [-0.25, -0.2) is 0 Å². The Kier molecular flexibility index (Phi) is 10.6. The van der Waals surface area contributed by atoms with Crippen molar-refractivity contribution in [3.63, 3.8) is 0 Å². The summed E-state index contributed by atoms with van der Waals surface area (Å²) in [5, 5.41) is 6.58. The molecule has 2 fully saturated rings. The Balaban J connectivity index is 0.00000169. The summed E-state index contributed by atoms with van der Waals surface area (Å²) in [6.07, 6.45) is 5.81. The highest BCUT2D eigenvalue weighted by atomic mass is 35.5. The maximum atomic E-state index is 12.5. The monoisotopic (exact) mass is 401 g/mol. The maximum Gasteiger partial charge on any atom is 0.237 e. The van der Waals surface area contributed by atoms with Crippen LogP contribution < -0.4 is 10.6 Å². The molecule has 0 bridgehead atoms. The molecule has 0 aliphatic carbocycles. The van der Waals surface area contributed by atoms with E-state index in [2.05, 4.69) is 52.8 Å². The van der Waals surface area contributed by atoms with Crippen molar-refractivity contribution in [2.45, 2.75) is 51.1 Å². The molecule has 2 atom stereocenters. The van der Waals surface area contributed by atoms with Crippen LogP contribution in [0, 0.1) is 5.92 Å². The van der Waals surface area contributed by atoms with Crippen molar-refractivity contribution in [1.82, 2.24) is 15.5 Å². The molecule has 2 aliphatic heterocycles. The molecule has 0 aromatic heterocycles. The number of likely N-dealkylation sites (tertiary alicyclic amines) is 1. The van der Waals surface area contributed by atoms with Crippen LogP contribution in [0.3, 0.4) is 0 Å². The van der Waals surface area contributed by atoms with Crippen molar-refractivity contribution in [2.75, 3.05) is 26.2 Å². The first-order chi connectivity index (χ1) is 11.7. The number of halogens is 2. The molecule has 4 nitrogen and oxygen atoms in total. The molecule has 0 radical (unpaired) electrons. The molecule has 1 aromatic rings. The first-order valence-corrected chi connectivity index (χ1v) is 9.51. The number of nitrogens with zero attached hydrogens (tertiary/aromatic N) is 1. The zero-order chi connectivity index (χ0) is 16.8. The Morgan fingerprint density at radius 3 is 2.50 bits per heavy atom. The molecule has 2 aliphatic rings. The average molecular weight is 402 g/mol. The van der Waals surface area contributed by atoms with Gasteiger partial charge in [-0.15, -0.1) is 24.8 Å². The van der Waals surface area contributed by atoms with Gasteiger partial charge in [-0.1, -0.05) is 30.3 Å². The van der Waals surface area contributed by atoms with Gasteiger partial charge < -0.3 is 10.6 Å². The predicted molar refractivity (Wildman–Crippen MR) is 112 cm³/mol. The number of benzene rings is 1. The van der Waals surface area contributed by atoms with E-state index in [1.807, 2.05) is 0 Å². The van der Waals surface area contributed by atoms with Crippen LogP contribution >= 0.6 is 24.8 Å². The van der Waals surface area contributed by atoms with Gasteiger partial charge in [0.2, 0.25) is 5.91 Å². The van der Waals surface area contributed by atoms with E-state index in [9.17, 15) is 4.79 Å². The highest BCUT2D eigenvalue weighted by molar-refractivity contribution is 5.85. The lowest BCUT2D eigenvalue weighted by Gasteiger charge is -2.36. The van der Waals surface area contributed by atoms with Gasteiger partial charge in [0.15, 0.2) is 0 Å². The quantitative estimate of drug-likeness (QED) is 0.796. The highest BCUT2D eigenvalue weighted by Gasteiger charge is 2.28. The van der Waals surface area contributed by atoms with Gasteiger partial charge in [0, 0.05) is 12.6 Å². The van der Waals surface area contributed by atoms with Crippen LogP contribution in [-0.2, 0) is 11.2 Å². The molecule has 148 valence electrons. The smallest absolute Gasteiger partial charge is 0.237 e. The number of rotatable bonds is 5. The van der Waals surface area contributed by atoms with Gasteiger partial charge >= 0.3 is 0 Å². The minimum Gasteiger partial charge on any atom is -0.351 e. The lowest BCUT2D eigenvalue weighted by molar-refractivity contribution is -0.127. The van der Waals surface area contributed by atoms with E-state index in [0.29, 0.717) is 6.04 Å². The van der Waals surface area contributed by atoms with E-state index in [4.69, 9.17) is 0 Å². The third kappa shape index (κ3) is 6.73. The molecule has 3 rings (SSSR count). The second kappa shape index (κ2) is 11.8. The van der Waals surface area contributed by atoms with E-state index in [1.54, 1.807) is 0 Å². The van der Waals surface area contributed by atoms with E-state index >= 15 is 0 Å². The third-order valence-corrected chi connectivity index (χ3v) is 5.59. The summed E-state index contributed by atoms with van der Waals surface area (Å²) in [5.74, 6) is 0.951. The summed E-state index contributed by atoms with van der Waals surface area (Å²) in [7, 11) is 0. The standard InChI is InChI=1S/C20H31N3O.2ClH/c1-16(20(24)22-19-8-5-11-21-15-19)23-12-9-18(10-13-23)14-17-6-3-2-4-7-17;;/h2-4,6-7,16,18-19,21H,5,8-15H2,1H3,(H,22,24);2*1H. The predicted octanol–water partition coefficient (Wildman–Crippen LogP) is 3.04. The molecule has 2 N–H and O–H groups in total. The molecule has 1 aromatic carbocycles.